The van der Waals surface area contributed by atoms with E-state index in [1.165, 1.54) is 0 Å². The van der Waals surface area contributed by atoms with E-state index >= 15 is 0 Å². The van der Waals surface area contributed by atoms with Crippen LogP contribution in [0.15, 0.2) is 0 Å². The molecular formula is C15H25N3O3. The number of hydrogen-bond donors (Lipinski definition) is 1. The minimum atomic E-state index is -0.810. The molecule has 118 valence electrons. The van der Waals surface area contributed by atoms with Crippen molar-refractivity contribution in [1.29, 1.82) is 0 Å². The number of nitrogens with zero attached hydrogens (tertiary/aromatic N) is 2. The zero-order valence-corrected chi connectivity index (χ0v) is 12.8. The molecular weight excluding hydrogens is 270 g/mol. The first-order valence-electron chi connectivity index (χ1n) is 7.91. The molecule has 1 heterocycles. The summed E-state index contributed by atoms with van der Waals surface area (Å²) in [7, 11) is 0. The van der Waals surface area contributed by atoms with E-state index in [0.717, 1.165) is 25.7 Å². The summed E-state index contributed by atoms with van der Waals surface area (Å²) in [4.78, 5) is 38.9. The fraction of sp³-hybridized carbons (Fsp3) is 0.800. The molecule has 0 aromatic rings. The van der Waals surface area contributed by atoms with Gasteiger partial charge in [-0.2, -0.15) is 0 Å². The van der Waals surface area contributed by atoms with Crippen LogP contribution >= 0.6 is 0 Å². The van der Waals surface area contributed by atoms with Crippen LogP contribution in [-0.4, -0.2) is 60.7 Å². The Morgan fingerprint density at radius 3 is 2.33 bits per heavy atom. The van der Waals surface area contributed by atoms with Crippen molar-refractivity contribution in [3.63, 3.8) is 0 Å². The predicted molar refractivity (Wildman–Crippen MR) is 78.4 cm³/mol. The van der Waals surface area contributed by atoms with Crippen LogP contribution in [0.25, 0.3) is 0 Å². The molecule has 0 spiro atoms. The Morgan fingerprint density at radius 2 is 1.81 bits per heavy atom. The maximum Gasteiger partial charge on any atom is 0.238 e. The molecule has 1 N–H and O–H groups in total. The van der Waals surface area contributed by atoms with Crippen molar-refractivity contribution in [2.45, 2.75) is 39.0 Å². The van der Waals surface area contributed by atoms with Gasteiger partial charge in [-0.15, -0.1) is 0 Å². The van der Waals surface area contributed by atoms with Crippen LogP contribution in [0.5, 0.6) is 0 Å². The molecule has 0 bridgehead atoms. The molecule has 0 aromatic heterocycles. The number of amides is 3. The second-order valence-electron chi connectivity index (χ2n) is 5.98. The van der Waals surface area contributed by atoms with Crippen LogP contribution in [-0.2, 0) is 14.4 Å². The fourth-order valence-corrected chi connectivity index (χ4v) is 2.74. The third kappa shape index (κ3) is 3.54. The molecule has 2 aliphatic rings. The molecule has 3 amide bonds. The van der Waals surface area contributed by atoms with Gasteiger partial charge in [-0.1, -0.05) is 19.8 Å². The SMILES string of the molecule is CCCCCNC(=O)C1(C(=O)N2CCN(C=O)CC2)CC1. The van der Waals surface area contributed by atoms with Gasteiger partial charge in [0.25, 0.3) is 0 Å². The minimum absolute atomic E-state index is 0.0546. The fourth-order valence-electron chi connectivity index (χ4n) is 2.74. The molecule has 0 atom stereocenters. The molecule has 6 nitrogen and oxygen atoms in total. The lowest BCUT2D eigenvalue weighted by Gasteiger charge is -2.34. The average Bonchev–Trinajstić information content (AvgIpc) is 3.32. The Morgan fingerprint density at radius 1 is 1.14 bits per heavy atom. The summed E-state index contributed by atoms with van der Waals surface area (Å²) in [6.07, 6.45) is 5.29. The smallest absolute Gasteiger partial charge is 0.238 e. The largest absolute Gasteiger partial charge is 0.355 e. The van der Waals surface area contributed by atoms with Gasteiger partial charge in [-0.05, 0) is 19.3 Å². The summed E-state index contributed by atoms with van der Waals surface area (Å²) in [5.74, 6) is -0.164. The maximum absolute atomic E-state index is 12.6. The van der Waals surface area contributed by atoms with Gasteiger partial charge in [0.2, 0.25) is 18.2 Å². The van der Waals surface area contributed by atoms with E-state index in [4.69, 9.17) is 0 Å². The second kappa shape index (κ2) is 6.91. The van der Waals surface area contributed by atoms with Gasteiger partial charge >= 0.3 is 0 Å². The van der Waals surface area contributed by atoms with Crippen molar-refractivity contribution in [2.24, 2.45) is 5.41 Å². The summed E-state index contributed by atoms with van der Waals surface area (Å²) in [5.41, 5.74) is -0.810. The van der Waals surface area contributed by atoms with Crippen molar-refractivity contribution >= 4 is 18.2 Å². The summed E-state index contributed by atoms with van der Waals surface area (Å²) >= 11 is 0. The highest BCUT2D eigenvalue weighted by Gasteiger charge is 2.57. The lowest BCUT2D eigenvalue weighted by atomic mass is 10.0. The Hall–Kier alpha value is -1.59. The van der Waals surface area contributed by atoms with E-state index in [1.807, 2.05) is 0 Å². The molecule has 6 heteroatoms. The zero-order valence-electron chi connectivity index (χ0n) is 12.8. The molecule has 2 rings (SSSR count). The average molecular weight is 295 g/mol. The van der Waals surface area contributed by atoms with Crippen LogP contribution in [0.1, 0.15) is 39.0 Å². The molecule has 21 heavy (non-hydrogen) atoms. The van der Waals surface area contributed by atoms with E-state index in [9.17, 15) is 14.4 Å². The lowest BCUT2D eigenvalue weighted by molar-refractivity contribution is -0.146. The van der Waals surface area contributed by atoms with Gasteiger partial charge in [0.15, 0.2) is 0 Å². The van der Waals surface area contributed by atoms with Crippen molar-refractivity contribution in [3.8, 4) is 0 Å². The first-order valence-corrected chi connectivity index (χ1v) is 7.91. The molecule has 0 radical (unpaired) electrons. The highest BCUT2D eigenvalue weighted by atomic mass is 16.2. The zero-order chi connectivity index (χ0) is 15.3. The Bertz CT molecular complexity index is 399. The van der Waals surface area contributed by atoms with Crippen LogP contribution < -0.4 is 5.32 Å². The molecule has 0 unspecified atom stereocenters. The van der Waals surface area contributed by atoms with Crippen molar-refractivity contribution in [1.82, 2.24) is 15.1 Å². The van der Waals surface area contributed by atoms with Crippen molar-refractivity contribution < 1.29 is 14.4 Å². The molecule has 1 saturated heterocycles. The Kier molecular flexibility index (Phi) is 5.20. The molecule has 0 aromatic carbocycles. The van der Waals surface area contributed by atoms with Crippen LogP contribution in [0.2, 0.25) is 0 Å². The Balaban J connectivity index is 1.83. The van der Waals surface area contributed by atoms with E-state index in [-0.39, 0.29) is 11.8 Å². The van der Waals surface area contributed by atoms with E-state index in [1.54, 1.807) is 9.80 Å². The highest BCUT2D eigenvalue weighted by molar-refractivity contribution is 6.07. The van der Waals surface area contributed by atoms with Gasteiger partial charge in [-0.3, -0.25) is 14.4 Å². The molecule has 2 fully saturated rings. The predicted octanol–water partition coefficient (Wildman–Crippen LogP) is 0.374. The summed E-state index contributed by atoms with van der Waals surface area (Å²) in [6.45, 7) is 4.95. The van der Waals surface area contributed by atoms with Crippen LogP contribution in [0, 0.1) is 5.41 Å². The van der Waals surface area contributed by atoms with E-state index < -0.39 is 5.41 Å². The number of rotatable bonds is 7. The monoisotopic (exact) mass is 295 g/mol. The first kappa shape index (κ1) is 15.8. The van der Waals surface area contributed by atoms with Crippen molar-refractivity contribution in [2.75, 3.05) is 32.7 Å². The summed E-state index contributed by atoms with van der Waals surface area (Å²) in [6, 6.07) is 0. The van der Waals surface area contributed by atoms with Gasteiger partial charge in [0.1, 0.15) is 5.41 Å². The number of carbonyl (C=O) groups excluding carboxylic acids is 3. The van der Waals surface area contributed by atoms with Gasteiger partial charge < -0.3 is 15.1 Å². The normalized spacial score (nSPS) is 20.0. The third-order valence-corrected chi connectivity index (χ3v) is 4.41. The number of carbonyl (C=O) groups is 3. The summed E-state index contributed by atoms with van der Waals surface area (Å²) in [5, 5.41) is 2.91. The van der Waals surface area contributed by atoms with E-state index in [0.29, 0.717) is 45.6 Å². The van der Waals surface area contributed by atoms with Gasteiger partial charge in [0.05, 0.1) is 0 Å². The molecule has 1 aliphatic carbocycles. The lowest BCUT2D eigenvalue weighted by Crippen LogP contribution is -2.53. The highest BCUT2D eigenvalue weighted by Crippen LogP contribution is 2.47. The summed E-state index contributed by atoms with van der Waals surface area (Å²) < 4.78 is 0. The number of nitrogens with one attached hydrogen (secondary N) is 1. The number of piperazine rings is 1. The standard InChI is InChI=1S/C15H25N3O3/c1-2-3-4-7-16-13(20)15(5-6-15)14(21)18-10-8-17(12-19)9-11-18/h12H,2-11H2,1H3,(H,16,20). The van der Waals surface area contributed by atoms with Gasteiger partial charge in [-0.25, -0.2) is 0 Å². The van der Waals surface area contributed by atoms with Crippen LogP contribution in [0.4, 0.5) is 0 Å². The molecule has 1 aliphatic heterocycles. The second-order valence-corrected chi connectivity index (χ2v) is 5.98. The minimum Gasteiger partial charge on any atom is -0.355 e. The molecule has 1 saturated carbocycles. The maximum atomic E-state index is 12.6. The number of unbranched alkanes of at least 4 members (excludes halogenated alkanes) is 2. The number of hydrogen-bond acceptors (Lipinski definition) is 3. The van der Waals surface area contributed by atoms with E-state index in [2.05, 4.69) is 12.2 Å². The Labute approximate surface area is 125 Å². The first-order chi connectivity index (χ1) is 10.1. The van der Waals surface area contributed by atoms with Gasteiger partial charge in [0, 0.05) is 32.7 Å². The van der Waals surface area contributed by atoms with Crippen LogP contribution in [0.3, 0.4) is 0 Å². The van der Waals surface area contributed by atoms with Crippen molar-refractivity contribution in [3.05, 3.63) is 0 Å². The third-order valence-electron chi connectivity index (χ3n) is 4.41. The topological polar surface area (TPSA) is 69.7 Å². The quantitative estimate of drug-likeness (QED) is 0.419.